The highest BCUT2D eigenvalue weighted by Crippen LogP contribution is 2.21. The molecule has 0 aromatic rings. The van der Waals surface area contributed by atoms with Crippen molar-refractivity contribution in [3.8, 4) is 0 Å². The number of likely N-dealkylation sites (N-methyl/N-ethyl adjacent to an activating group) is 1. The standard InChI is InChI=1S/C15H30N4S.HI/c1-16-15(18-13-6-5-11-20-12-13)17-9-10-19(2)14-7-3-4-8-14;/h13-14H,3-12H2,1-2H3,(H2,16,17,18);1H. The van der Waals surface area contributed by atoms with Crippen LogP contribution in [-0.4, -0.2) is 61.6 Å². The Labute approximate surface area is 151 Å². The molecule has 1 saturated heterocycles. The minimum absolute atomic E-state index is 0. The summed E-state index contributed by atoms with van der Waals surface area (Å²) in [5.74, 6) is 3.50. The highest BCUT2D eigenvalue weighted by Gasteiger charge is 2.19. The number of thioether (sulfide) groups is 1. The van der Waals surface area contributed by atoms with Crippen molar-refractivity contribution in [1.82, 2.24) is 15.5 Å². The summed E-state index contributed by atoms with van der Waals surface area (Å²) in [5.41, 5.74) is 0. The summed E-state index contributed by atoms with van der Waals surface area (Å²) < 4.78 is 0. The molecule has 1 saturated carbocycles. The molecule has 2 aliphatic rings. The lowest BCUT2D eigenvalue weighted by atomic mass is 10.2. The molecule has 21 heavy (non-hydrogen) atoms. The van der Waals surface area contributed by atoms with E-state index in [1.54, 1.807) is 0 Å². The third kappa shape index (κ3) is 6.95. The van der Waals surface area contributed by atoms with E-state index in [1.165, 1.54) is 50.0 Å². The second-order valence-electron chi connectivity index (χ2n) is 5.98. The molecule has 4 nitrogen and oxygen atoms in total. The molecule has 2 rings (SSSR count). The van der Waals surface area contributed by atoms with Gasteiger partial charge in [-0.3, -0.25) is 4.99 Å². The zero-order valence-electron chi connectivity index (χ0n) is 13.4. The lowest BCUT2D eigenvalue weighted by Crippen LogP contribution is -2.47. The van der Waals surface area contributed by atoms with Crippen molar-refractivity contribution < 1.29 is 0 Å². The van der Waals surface area contributed by atoms with Crippen LogP contribution >= 0.6 is 35.7 Å². The fourth-order valence-electron chi connectivity index (χ4n) is 3.12. The van der Waals surface area contributed by atoms with Crippen LogP contribution in [0.5, 0.6) is 0 Å². The van der Waals surface area contributed by atoms with Gasteiger partial charge in [0.1, 0.15) is 0 Å². The third-order valence-electron chi connectivity index (χ3n) is 4.43. The Kier molecular flexibility index (Phi) is 10.1. The minimum atomic E-state index is 0. The summed E-state index contributed by atoms with van der Waals surface area (Å²) in [5, 5.41) is 7.01. The normalized spacial score (nSPS) is 24.0. The van der Waals surface area contributed by atoms with Crippen LogP contribution in [0.2, 0.25) is 0 Å². The highest BCUT2D eigenvalue weighted by atomic mass is 127. The fourth-order valence-corrected chi connectivity index (χ4v) is 4.19. The molecule has 0 radical (unpaired) electrons. The van der Waals surface area contributed by atoms with Gasteiger partial charge in [0, 0.05) is 38.0 Å². The van der Waals surface area contributed by atoms with E-state index in [-0.39, 0.29) is 24.0 Å². The Hall–Kier alpha value is 0.310. The maximum atomic E-state index is 4.34. The molecular weight excluding hydrogens is 395 g/mol. The molecule has 6 heteroatoms. The molecule has 0 bridgehead atoms. The van der Waals surface area contributed by atoms with Gasteiger partial charge >= 0.3 is 0 Å². The Morgan fingerprint density at radius 2 is 2.00 bits per heavy atom. The van der Waals surface area contributed by atoms with Crippen LogP contribution in [0.4, 0.5) is 0 Å². The molecule has 0 aromatic carbocycles. The van der Waals surface area contributed by atoms with Crippen molar-refractivity contribution in [2.45, 2.75) is 50.6 Å². The third-order valence-corrected chi connectivity index (χ3v) is 5.65. The molecule has 1 atom stereocenters. The molecule has 2 N–H and O–H groups in total. The quantitative estimate of drug-likeness (QED) is 0.403. The monoisotopic (exact) mass is 426 g/mol. The van der Waals surface area contributed by atoms with E-state index in [0.29, 0.717) is 6.04 Å². The van der Waals surface area contributed by atoms with E-state index >= 15 is 0 Å². The first kappa shape index (κ1) is 19.4. The van der Waals surface area contributed by atoms with Crippen molar-refractivity contribution in [3.63, 3.8) is 0 Å². The lowest BCUT2D eigenvalue weighted by Gasteiger charge is -2.26. The number of guanidine groups is 1. The molecule has 1 unspecified atom stereocenters. The van der Waals surface area contributed by atoms with E-state index in [2.05, 4.69) is 27.6 Å². The Bertz CT molecular complexity index is 302. The zero-order valence-corrected chi connectivity index (χ0v) is 16.6. The lowest BCUT2D eigenvalue weighted by molar-refractivity contribution is 0.249. The van der Waals surface area contributed by atoms with Crippen molar-refractivity contribution in [2.24, 2.45) is 4.99 Å². The largest absolute Gasteiger partial charge is 0.355 e. The van der Waals surface area contributed by atoms with Crippen LogP contribution in [0.3, 0.4) is 0 Å². The zero-order chi connectivity index (χ0) is 14.2. The fraction of sp³-hybridized carbons (Fsp3) is 0.933. The molecule has 0 spiro atoms. The maximum Gasteiger partial charge on any atom is 0.191 e. The summed E-state index contributed by atoms with van der Waals surface area (Å²) in [6, 6.07) is 1.40. The van der Waals surface area contributed by atoms with Crippen molar-refractivity contribution in [1.29, 1.82) is 0 Å². The van der Waals surface area contributed by atoms with Gasteiger partial charge in [-0.15, -0.1) is 24.0 Å². The number of nitrogens with one attached hydrogen (secondary N) is 2. The number of halogens is 1. The van der Waals surface area contributed by atoms with Gasteiger partial charge in [-0.1, -0.05) is 12.8 Å². The predicted octanol–water partition coefficient (Wildman–Crippen LogP) is 2.54. The van der Waals surface area contributed by atoms with E-state index < -0.39 is 0 Å². The first-order chi connectivity index (χ1) is 9.79. The Balaban J connectivity index is 0.00000220. The minimum Gasteiger partial charge on any atom is -0.355 e. The van der Waals surface area contributed by atoms with Crippen LogP contribution in [0.1, 0.15) is 38.5 Å². The van der Waals surface area contributed by atoms with Gasteiger partial charge < -0.3 is 15.5 Å². The number of nitrogens with zero attached hydrogens (tertiary/aromatic N) is 2. The smallest absolute Gasteiger partial charge is 0.191 e. The van der Waals surface area contributed by atoms with Crippen LogP contribution in [0.15, 0.2) is 4.99 Å². The molecular formula is C15H31IN4S. The van der Waals surface area contributed by atoms with E-state index in [1.807, 2.05) is 18.8 Å². The highest BCUT2D eigenvalue weighted by molar-refractivity contribution is 14.0. The van der Waals surface area contributed by atoms with Gasteiger partial charge in [-0.25, -0.2) is 0 Å². The van der Waals surface area contributed by atoms with Crippen molar-refractivity contribution in [3.05, 3.63) is 0 Å². The summed E-state index contributed by atoms with van der Waals surface area (Å²) in [7, 11) is 4.12. The van der Waals surface area contributed by atoms with Crippen LogP contribution in [0, 0.1) is 0 Å². The van der Waals surface area contributed by atoms with Crippen LogP contribution in [0.25, 0.3) is 0 Å². The predicted molar refractivity (Wildman–Crippen MR) is 105 cm³/mol. The van der Waals surface area contributed by atoms with Gasteiger partial charge in [0.25, 0.3) is 0 Å². The molecule has 0 aromatic heterocycles. The van der Waals surface area contributed by atoms with E-state index in [0.717, 1.165) is 25.1 Å². The first-order valence-corrected chi connectivity index (χ1v) is 9.20. The van der Waals surface area contributed by atoms with Crippen LogP contribution < -0.4 is 10.6 Å². The topological polar surface area (TPSA) is 39.7 Å². The van der Waals surface area contributed by atoms with Gasteiger partial charge in [0.15, 0.2) is 5.96 Å². The molecule has 1 aliphatic carbocycles. The molecule has 124 valence electrons. The number of rotatable bonds is 5. The number of aliphatic imine (C=N–C) groups is 1. The summed E-state index contributed by atoms with van der Waals surface area (Å²) in [6.45, 7) is 2.08. The number of hydrogen-bond donors (Lipinski definition) is 2. The van der Waals surface area contributed by atoms with Crippen molar-refractivity contribution >= 4 is 41.7 Å². The van der Waals surface area contributed by atoms with Gasteiger partial charge in [0.2, 0.25) is 0 Å². The Morgan fingerprint density at radius 1 is 1.24 bits per heavy atom. The SMILES string of the molecule is CN=C(NCCN(C)C1CCCC1)NC1CCCSC1.I. The summed E-state index contributed by atoms with van der Waals surface area (Å²) in [6.07, 6.45) is 8.17. The number of hydrogen-bond acceptors (Lipinski definition) is 3. The van der Waals surface area contributed by atoms with Crippen molar-refractivity contribution in [2.75, 3.05) is 38.7 Å². The first-order valence-electron chi connectivity index (χ1n) is 8.05. The average molecular weight is 426 g/mol. The summed E-state index contributed by atoms with van der Waals surface area (Å²) >= 11 is 2.05. The van der Waals surface area contributed by atoms with E-state index in [9.17, 15) is 0 Å². The van der Waals surface area contributed by atoms with Gasteiger partial charge in [-0.2, -0.15) is 11.8 Å². The summed E-state index contributed by atoms with van der Waals surface area (Å²) in [4.78, 5) is 6.85. The maximum absolute atomic E-state index is 4.34. The van der Waals surface area contributed by atoms with Crippen LogP contribution in [-0.2, 0) is 0 Å². The van der Waals surface area contributed by atoms with E-state index in [4.69, 9.17) is 0 Å². The Morgan fingerprint density at radius 3 is 2.62 bits per heavy atom. The second-order valence-corrected chi connectivity index (χ2v) is 7.13. The second kappa shape index (κ2) is 10.9. The van der Waals surface area contributed by atoms with Gasteiger partial charge in [0.05, 0.1) is 0 Å². The molecule has 0 amide bonds. The van der Waals surface area contributed by atoms with Gasteiger partial charge in [-0.05, 0) is 38.5 Å². The average Bonchev–Trinajstić information content (AvgIpc) is 3.01. The molecule has 1 aliphatic heterocycles. The molecule has 1 heterocycles. The molecule has 2 fully saturated rings.